The van der Waals surface area contributed by atoms with Crippen LogP contribution in [0, 0.1) is 0 Å². The van der Waals surface area contributed by atoms with Gasteiger partial charge in [-0.2, -0.15) is 24.5 Å². The van der Waals surface area contributed by atoms with Crippen molar-refractivity contribution in [2.75, 3.05) is 10.6 Å². The van der Waals surface area contributed by atoms with Crippen LogP contribution in [0.4, 0.5) is 29.3 Å². The van der Waals surface area contributed by atoms with Crippen molar-refractivity contribution in [3.05, 3.63) is 46.5 Å². The molecule has 0 fully saturated rings. The van der Waals surface area contributed by atoms with Crippen molar-refractivity contribution >= 4 is 34.7 Å². The minimum atomic E-state index is -4.63. The van der Waals surface area contributed by atoms with E-state index in [4.69, 9.17) is 9.15 Å². The van der Waals surface area contributed by atoms with E-state index >= 15 is 0 Å². The lowest BCUT2D eigenvalue weighted by molar-refractivity contribution is -0.137. The number of nitrogens with zero attached hydrogens (tertiary/aromatic N) is 2. The Labute approximate surface area is 191 Å². The molecule has 0 aliphatic heterocycles. The van der Waals surface area contributed by atoms with Gasteiger partial charge >= 0.3 is 12.3 Å². The summed E-state index contributed by atoms with van der Waals surface area (Å²) in [6.45, 7) is 4.93. The minimum Gasteiger partial charge on any atom is -0.444 e. The molecule has 0 unspecified atom stereocenters. The van der Waals surface area contributed by atoms with E-state index in [-0.39, 0.29) is 30.1 Å². The molecule has 3 rings (SSSR count). The van der Waals surface area contributed by atoms with Crippen LogP contribution >= 0.6 is 11.3 Å². The Bertz CT molecular complexity index is 1120. The van der Waals surface area contributed by atoms with Crippen molar-refractivity contribution in [1.82, 2.24) is 10.2 Å². The van der Waals surface area contributed by atoms with Gasteiger partial charge in [-0.25, -0.2) is 4.79 Å². The first-order valence-electron chi connectivity index (χ1n) is 9.77. The number of anilines is 2. The van der Waals surface area contributed by atoms with Crippen LogP contribution in [0.5, 0.6) is 0 Å². The number of benzene rings is 1. The van der Waals surface area contributed by atoms with E-state index in [2.05, 4.69) is 20.8 Å². The summed E-state index contributed by atoms with van der Waals surface area (Å²) in [6, 6.07) is 4.40. The number of aryl methyl sites for hydroxylation is 1. The maximum absolute atomic E-state index is 13.2. The average molecular weight is 482 g/mol. The van der Waals surface area contributed by atoms with Crippen molar-refractivity contribution in [3.8, 4) is 11.5 Å². The third-order valence-electron chi connectivity index (χ3n) is 4.06. The quantitative estimate of drug-likeness (QED) is 0.464. The predicted molar refractivity (Wildman–Crippen MR) is 116 cm³/mol. The average Bonchev–Trinajstić information content (AvgIpc) is 3.37. The van der Waals surface area contributed by atoms with E-state index in [0.717, 1.165) is 23.8 Å². The van der Waals surface area contributed by atoms with Crippen LogP contribution in [0.2, 0.25) is 0 Å². The topological polar surface area (TPSA) is 106 Å². The lowest BCUT2D eigenvalue weighted by Gasteiger charge is -2.21. The molecule has 0 saturated heterocycles. The van der Waals surface area contributed by atoms with Crippen molar-refractivity contribution < 1.29 is 31.9 Å². The predicted octanol–water partition coefficient (Wildman–Crippen LogP) is 5.74. The van der Waals surface area contributed by atoms with Crippen LogP contribution in [0.25, 0.3) is 11.5 Å². The number of amides is 2. The second kappa shape index (κ2) is 9.61. The van der Waals surface area contributed by atoms with Gasteiger partial charge in [0, 0.05) is 23.8 Å². The highest BCUT2D eigenvalue weighted by Crippen LogP contribution is 2.34. The number of carbonyl (C=O) groups is 2. The van der Waals surface area contributed by atoms with E-state index in [9.17, 15) is 22.8 Å². The Hall–Kier alpha value is -3.41. The van der Waals surface area contributed by atoms with Gasteiger partial charge in [0.05, 0.1) is 16.9 Å². The molecule has 3 aromatic rings. The van der Waals surface area contributed by atoms with Gasteiger partial charge in [-0.15, -0.1) is 10.2 Å². The molecule has 2 N–H and O–H groups in total. The summed E-state index contributed by atoms with van der Waals surface area (Å²) in [6.07, 6.45) is -5.56. The lowest BCUT2D eigenvalue weighted by atomic mass is 10.1. The molecule has 8 nitrogen and oxygen atoms in total. The van der Waals surface area contributed by atoms with Gasteiger partial charge in [-0.3, -0.25) is 10.1 Å². The number of halogens is 3. The summed E-state index contributed by atoms with van der Waals surface area (Å²) in [7, 11) is 0. The van der Waals surface area contributed by atoms with Crippen molar-refractivity contribution in [1.29, 1.82) is 0 Å². The SMILES string of the molecule is CC(C)(C)OC(=O)Nc1ccc(C(F)(F)F)cc1NC(=O)CCc1nnc(-c2ccsc2)o1. The zero-order chi connectivity index (χ0) is 24.2. The number of alkyl halides is 3. The fraction of sp³-hybridized carbons (Fsp3) is 0.333. The fourth-order valence-electron chi connectivity index (χ4n) is 2.64. The number of thiophene rings is 1. The second-order valence-corrected chi connectivity index (χ2v) is 8.73. The van der Waals surface area contributed by atoms with Gasteiger partial charge < -0.3 is 14.5 Å². The van der Waals surface area contributed by atoms with E-state index in [1.807, 2.05) is 16.8 Å². The largest absolute Gasteiger partial charge is 0.444 e. The zero-order valence-electron chi connectivity index (χ0n) is 17.9. The van der Waals surface area contributed by atoms with Crippen LogP contribution in [0.15, 0.2) is 39.4 Å². The highest BCUT2D eigenvalue weighted by atomic mass is 32.1. The number of hydrogen-bond acceptors (Lipinski definition) is 7. The van der Waals surface area contributed by atoms with Gasteiger partial charge in [0.25, 0.3) is 0 Å². The molecule has 176 valence electrons. The van der Waals surface area contributed by atoms with Crippen LogP contribution in [-0.4, -0.2) is 27.8 Å². The molecule has 0 radical (unpaired) electrons. The zero-order valence-corrected chi connectivity index (χ0v) is 18.8. The van der Waals surface area contributed by atoms with E-state index < -0.39 is 29.3 Å². The Morgan fingerprint density at radius 1 is 1.09 bits per heavy atom. The highest BCUT2D eigenvalue weighted by molar-refractivity contribution is 7.08. The van der Waals surface area contributed by atoms with Crippen LogP contribution in [0.3, 0.4) is 0 Å². The summed E-state index contributed by atoms with van der Waals surface area (Å²) in [5, 5.41) is 16.2. The Morgan fingerprint density at radius 2 is 1.85 bits per heavy atom. The molecule has 1 aromatic carbocycles. The normalized spacial score (nSPS) is 11.8. The molecular formula is C21H21F3N4O4S. The fourth-order valence-corrected chi connectivity index (χ4v) is 3.27. The summed E-state index contributed by atoms with van der Waals surface area (Å²) < 4.78 is 50.1. The van der Waals surface area contributed by atoms with Gasteiger partial charge in [0.1, 0.15) is 5.60 Å². The number of carbonyl (C=O) groups excluding carboxylic acids is 2. The highest BCUT2D eigenvalue weighted by Gasteiger charge is 2.31. The van der Waals surface area contributed by atoms with Crippen molar-refractivity contribution in [3.63, 3.8) is 0 Å². The molecule has 0 bridgehead atoms. The first kappa shape index (κ1) is 24.2. The van der Waals surface area contributed by atoms with Gasteiger partial charge in [-0.1, -0.05) is 0 Å². The van der Waals surface area contributed by atoms with E-state index in [1.54, 1.807) is 20.8 Å². The number of nitrogens with one attached hydrogen (secondary N) is 2. The number of ether oxygens (including phenoxy) is 1. The Morgan fingerprint density at radius 3 is 2.48 bits per heavy atom. The minimum absolute atomic E-state index is 0.0388. The maximum atomic E-state index is 13.2. The second-order valence-electron chi connectivity index (χ2n) is 7.95. The van der Waals surface area contributed by atoms with E-state index in [0.29, 0.717) is 5.89 Å². The summed E-state index contributed by atoms with van der Waals surface area (Å²) >= 11 is 1.46. The van der Waals surface area contributed by atoms with Gasteiger partial charge in [0.2, 0.25) is 17.7 Å². The summed E-state index contributed by atoms with van der Waals surface area (Å²) in [5.41, 5.74) is -1.30. The van der Waals surface area contributed by atoms with E-state index in [1.165, 1.54) is 11.3 Å². The molecule has 2 aromatic heterocycles. The molecule has 2 heterocycles. The summed E-state index contributed by atoms with van der Waals surface area (Å²) in [4.78, 5) is 24.5. The van der Waals surface area contributed by atoms with Crippen molar-refractivity contribution in [2.24, 2.45) is 0 Å². The summed E-state index contributed by atoms with van der Waals surface area (Å²) in [5.74, 6) is -0.0762. The number of hydrogen-bond donors (Lipinski definition) is 2. The van der Waals surface area contributed by atoms with Crippen molar-refractivity contribution in [2.45, 2.75) is 45.4 Å². The van der Waals surface area contributed by atoms with Crippen LogP contribution in [-0.2, 0) is 22.1 Å². The third kappa shape index (κ3) is 7.04. The molecule has 0 spiro atoms. The Balaban J connectivity index is 1.70. The molecule has 0 aliphatic rings. The lowest BCUT2D eigenvalue weighted by Crippen LogP contribution is -2.27. The molecule has 0 saturated carbocycles. The first-order chi connectivity index (χ1) is 15.4. The maximum Gasteiger partial charge on any atom is 0.416 e. The molecule has 2 amide bonds. The Kier molecular flexibility index (Phi) is 7.06. The molecule has 12 heteroatoms. The van der Waals surface area contributed by atoms with Crippen LogP contribution in [0.1, 0.15) is 38.6 Å². The molecule has 0 aliphatic carbocycles. The molecule has 33 heavy (non-hydrogen) atoms. The first-order valence-corrected chi connectivity index (χ1v) is 10.7. The smallest absolute Gasteiger partial charge is 0.416 e. The number of rotatable bonds is 6. The van der Waals surface area contributed by atoms with Crippen LogP contribution < -0.4 is 10.6 Å². The van der Waals surface area contributed by atoms with Gasteiger partial charge in [0.15, 0.2) is 0 Å². The monoisotopic (exact) mass is 482 g/mol. The third-order valence-corrected chi connectivity index (χ3v) is 4.74. The van der Waals surface area contributed by atoms with Gasteiger partial charge in [-0.05, 0) is 50.4 Å². The molecular weight excluding hydrogens is 461 g/mol. The number of aromatic nitrogens is 2. The molecule has 0 atom stereocenters. The standard InChI is InChI=1S/C21H21F3N4O4S/c1-20(2,3)32-19(30)26-14-5-4-13(21(22,23)24)10-15(14)25-16(29)6-7-17-27-28-18(31-17)12-8-9-33-11-12/h4-5,8-11H,6-7H2,1-3H3,(H,25,29)(H,26,30).